The van der Waals surface area contributed by atoms with E-state index < -0.39 is 0 Å². The first-order valence-electron chi connectivity index (χ1n) is 5.58. The van der Waals surface area contributed by atoms with E-state index >= 15 is 0 Å². The summed E-state index contributed by atoms with van der Waals surface area (Å²) in [6.07, 6.45) is 3.24. The Morgan fingerprint density at radius 1 is 1.59 bits per heavy atom. The summed E-state index contributed by atoms with van der Waals surface area (Å²) >= 11 is 5.64. The number of rotatable bonds is 4. The molecule has 1 unspecified atom stereocenters. The molecule has 0 radical (unpaired) electrons. The molecular weight excluding hydrogens is 395 g/mol. The molecule has 1 amide bonds. The Bertz CT molecular complexity index is 435. The number of halogens is 2. The molecule has 3 nitrogen and oxygen atoms in total. The molecule has 0 aliphatic heterocycles. The van der Waals surface area contributed by atoms with E-state index in [4.69, 9.17) is 5.73 Å². The lowest BCUT2D eigenvalue weighted by Gasteiger charge is -2.12. The van der Waals surface area contributed by atoms with Crippen molar-refractivity contribution >= 4 is 50.1 Å². The van der Waals surface area contributed by atoms with Crippen molar-refractivity contribution in [3.05, 3.63) is 26.2 Å². The highest BCUT2D eigenvalue weighted by Crippen LogP contribution is 2.33. The Kier molecular flexibility index (Phi) is 4.43. The van der Waals surface area contributed by atoms with Crippen molar-refractivity contribution in [3.8, 4) is 0 Å². The van der Waals surface area contributed by atoms with Crippen molar-refractivity contribution in [2.24, 2.45) is 11.7 Å². The molecule has 2 rings (SSSR count). The first kappa shape index (κ1) is 13.3. The van der Waals surface area contributed by atoms with Crippen LogP contribution in [0.4, 0.5) is 5.69 Å². The van der Waals surface area contributed by atoms with E-state index in [9.17, 15) is 4.79 Å². The highest BCUT2D eigenvalue weighted by atomic mass is 127. The number of nitrogens with two attached hydrogens (primary N) is 1. The van der Waals surface area contributed by atoms with E-state index in [0.717, 1.165) is 20.2 Å². The van der Waals surface area contributed by atoms with Gasteiger partial charge in [0.2, 0.25) is 5.91 Å². The Morgan fingerprint density at radius 2 is 2.29 bits per heavy atom. The molecule has 0 bridgehead atoms. The molecular formula is C12H14BrIN2O. The van der Waals surface area contributed by atoms with Gasteiger partial charge < -0.3 is 11.1 Å². The quantitative estimate of drug-likeness (QED) is 0.752. The zero-order valence-corrected chi connectivity index (χ0v) is 13.0. The molecule has 0 heterocycles. The molecule has 92 valence electrons. The van der Waals surface area contributed by atoms with Gasteiger partial charge in [-0.05, 0) is 69.1 Å². The van der Waals surface area contributed by atoms with E-state index in [-0.39, 0.29) is 11.9 Å². The van der Waals surface area contributed by atoms with Crippen molar-refractivity contribution in [1.29, 1.82) is 0 Å². The number of carbonyl (C=O) groups is 1. The minimum absolute atomic E-state index is 0.0879. The van der Waals surface area contributed by atoms with Crippen molar-refractivity contribution in [1.82, 2.24) is 0 Å². The summed E-state index contributed by atoms with van der Waals surface area (Å²) < 4.78 is 2.09. The molecule has 1 fully saturated rings. The van der Waals surface area contributed by atoms with Gasteiger partial charge in [-0.3, -0.25) is 4.79 Å². The summed E-state index contributed by atoms with van der Waals surface area (Å²) in [6, 6.07) is 5.33. The lowest BCUT2D eigenvalue weighted by atomic mass is 10.1. The number of carbonyl (C=O) groups excluding carboxylic acids is 1. The predicted octanol–water partition coefficient (Wildman–Crippen LogP) is 3.12. The van der Waals surface area contributed by atoms with Gasteiger partial charge in [0.05, 0.1) is 6.04 Å². The standard InChI is InChI=1S/C12H14BrIN2O/c13-9-4-3-8(6-10(9)14)16-12(17)11(15)5-7-1-2-7/h3-4,6-7,11H,1-2,5,15H2,(H,16,17). The molecule has 1 aromatic rings. The van der Waals surface area contributed by atoms with Gasteiger partial charge in [-0.25, -0.2) is 0 Å². The third-order valence-electron chi connectivity index (χ3n) is 2.81. The fourth-order valence-corrected chi connectivity index (χ4v) is 2.39. The average molecular weight is 409 g/mol. The van der Waals surface area contributed by atoms with Crippen LogP contribution in [0.5, 0.6) is 0 Å². The maximum atomic E-state index is 11.8. The van der Waals surface area contributed by atoms with Crippen LogP contribution < -0.4 is 11.1 Å². The van der Waals surface area contributed by atoms with Gasteiger partial charge in [-0.15, -0.1) is 0 Å². The van der Waals surface area contributed by atoms with E-state index in [1.165, 1.54) is 12.8 Å². The minimum atomic E-state index is -0.385. The lowest BCUT2D eigenvalue weighted by Crippen LogP contribution is -2.36. The predicted molar refractivity (Wildman–Crippen MR) is 80.8 cm³/mol. The fourth-order valence-electron chi connectivity index (χ4n) is 1.63. The van der Waals surface area contributed by atoms with Crippen molar-refractivity contribution in [2.75, 3.05) is 5.32 Å². The second kappa shape index (κ2) is 5.67. The highest BCUT2D eigenvalue weighted by molar-refractivity contribution is 14.1. The first-order chi connectivity index (χ1) is 8.06. The fraction of sp³-hybridized carbons (Fsp3) is 0.417. The van der Waals surface area contributed by atoms with Crippen LogP contribution >= 0.6 is 38.5 Å². The monoisotopic (exact) mass is 408 g/mol. The van der Waals surface area contributed by atoms with Gasteiger partial charge in [0, 0.05) is 13.7 Å². The van der Waals surface area contributed by atoms with E-state index in [0.29, 0.717) is 5.92 Å². The Hall–Kier alpha value is -0.140. The maximum absolute atomic E-state index is 11.8. The number of hydrogen-bond donors (Lipinski definition) is 2. The second-order valence-electron chi connectivity index (χ2n) is 4.40. The SMILES string of the molecule is NC(CC1CC1)C(=O)Nc1ccc(Br)c(I)c1. The summed E-state index contributed by atoms with van der Waals surface area (Å²) in [5.74, 6) is 0.579. The third-order valence-corrected chi connectivity index (χ3v) is 5.13. The number of nitrogens with one attached hydrogen (secondary N) is 1. The summed E-state index contributed by atoms with van der Waals surface area (Å²) in [6.45, 7) is 0. The molecule has 1 aliphatic carbocycles. The molecule has 5 heteroatoms. The van der Waals surface area contributed by atoms with Gasteiger partial charge in [0.15, 0.2) is 0 Å². The average Bonchev–Trinajstić information content (AvgIpc) is 3.07. The normalized spacial score (nSPS) is 16.6. The second-order valence-corrected chi connectivity index (χ2v) is 6.42. The Labute approximate surface area is 123 Å². The molecule has 1 aliphatic rings. The van der Waals surface area contributed by atoms with E-state index in [1.807, 2.05) is 18.2 Å². The van der Waals surface area contributed by atoms with Crippen LogP contribution in [0.25, 0.3) is 0 Å². The zero-order chi connectivity index (χ0) is 12.4. The van der Waals surface area contributed by atoms with Gasteiger partial charge in [0.25, 0.3) is 0 Å². The molecule has 3 N–H and O–H groups in total. The van der Waals surface area contributed by atoms with E-state index in [1.54, 1.807) is 0 Å². The van der Waals surface area contributed by atoms with Crippen molar-refractivity contribution in [2.45, 2.75) is 25.3 Å². The number of amides is 1. The summed E-state index contributed by atoms with van der Waals surface area (Å²) in [5, 5.41) is 2.85. The summed E-state index contributed by atoms with van der Waals surface area (Å²) in [5.41, 5.74) is 6.65. The summed E-state index contributed by atoms with van der Waals surface area (Å²) in [4.78, 5) is 11.8. The van der Waals surface area contributed by atoms with Crippen LogP contribution in [-0.2, 0) is 4.79 Å². The van der Waals surface area contributed by atoms with Gasteiger partial charge in [-0.2, -0.15) is 0 Å². The lowest BCUT2D eigenvalue weighted by molar-refractivity contribution is -0.117. The number of hydrogen-bond acceptors (Lipinski definition) is 2. The van der Waals surface area contributed by atoms with Crippen LogP contribution in [0, 0.1) is 9.49 Å². The molecule has 17 heavy (non-hydrogen) atoms. The summed E-state index contributed by atoms with van der Waals surface area (Å²) in [7, 11) is 0. The largest absolute Gasteiger partial charge is 0.325 e. The minimum Gasteiger partial charge on any atom is -0.325 e. The molecule has 0 aromatic heterocycles. The third kappa shape index (κ3) is 3.93. The van der Waals surface area contributed by atoms with Crippen molar-refractivity contribution in [3.63, 3.8) is 0 Å². The Balaban J connectivity index is 1.94. The van der Waals surface area contributed by atoms with Gasteiger partial charge in [-0.1, -0.05) is 12.8 Å². The van der Waals surface area contributed by atoms with Gasteiger partial charge >= 0.3 is 0 Å². The van der Waals surface area contributed by atoms with Crippen molar-refractivity contribution < 1.29 is 4.79 Å². The molecule has 1 aromatic carbocycles. The molecule has 0 saturated heterocycles. The molecule has 0 spiro atoms. The topological polar surface area (TPSA) is 55.1 Å². The number of benzene rings is 1. The van der Waals surface area contributed by atoms with Gasteiger partial charge in [0.1, 0.15) is 0 Å². The van der Waals surface area contributed by atoms with Crippen LogP contribution in [0.1, 0.15) is 19.3 Å². The molecule has 1 atom stereocenters. The number of anilines is 1. The van der Waals surface area contributed by atoms with E-state index in [2.05, 4.69) is 43.8 Å². The van der Waals surface area contributed by atoms with Crippen LogP contribution in [0.3, 0.4) is 0 Å². The zero-order valence-electron chi connectivity index (χ0n) is 9.25. The Morgan fingerprint density at radius 3 is 2.88 bits per heavy atom. The highest BCUT2D eigenvalue weighted by Gasteiger charge is 2.26. The van der Waals surface area contributed by atoms with Crippen LogP contribution in [-0.4, -0.2) is 11.9 Å². The van der Waals surface area contributed by atoms with Crippen LogP contribution in [0.2, 0.25) is 0 Å². The molecule has 1 saturated carbocycles. The van der Waals surface area contributed by atoms with Crippen LogP contribution in [0.15, 0.2) is 22.7 Å². The smallest absolute Gasteiger partial charge is 0.241 e. The first-order valence-corrected chi connectivity index (χ1v) is 7.45. The maximum Gasteiger partial charge on any atom is 0.241 e.